The quantitative estimate of drug-likeness (QED) is 0.776. The van der Waals surface area contributed by atoms with Gasteiger partial charge in [-0.05, 0) is 18.9 Å². The van der Waals surface area contributed by atoms with Gasteiger partial charge in [0.05, 0.1) is 23.4 Å². The molecule has 1 saturated heterocycles. The van der Waals surface area contributed by atoms with Gasteiger partial charge in [0.25, 0.3) is 0 Å². The summed E-state index contributed by atoms with van der Waals surface area (Å²) in [6.45, 7) is 1.58. The van der Waals surface area contributed by atoms with E-state index in [4.69, 9.17) is 10.00 Å². The average molecular weight is 308 g/mol. The summed E-state index contributed by atoms with van der Waals surface area (Å²) in [4.78, 5) is 7.43. The van der Waals surface area contributed by atoms with Gasteiger partial charge in [-0.3, -0.25) is 4.68 Å². The van der Waals surface area contributed by atoms with Gasteiger partial charge in [-0.2, -0.15) is 10.4 Å². The van der Waals surface area contributed by atoms with Crippen molar-refractivity contribution in [3.05, 3.63) is 36.4 Å². The molecule has 23 heavy (non-hydrogen) atoms. The molecular formula is C16H16N6O. The number of hydrogen-bond donors (Lipinski definition) is 2. The zero-order valence-electron chi connectivity index (χ0n) is 12.5. The first-order valence-electron chi connectivity index (χ1n) is 7.59. The van der Waals surface area contributed by atoms with E-state index in [1.807, 2.05) is 16.9 Å². The lowest BCUT2D eigenvalue weighted by Crippen LogP contribution is -2.19. The average Bonchev–Trinajstić information content (AvgIpc) is 3.22. The fourth-order valence-electron chi connectivity index (χ4n) is 2.85. The molecule has 0 radical (unpaired) electrons. The molecule has 1 fully saturated rings. The Labute approximate surface area is 132 Å². The number of aromatic amines is 1. The van der Waals surface area contributed by atoms with Gasteiger partial charge in [0.1, 0.15) is 17.6 Å². The highest BCUT2D eigenvalue weighted by atomic mass is 16.5. The summed E-state index contributed by atoms with van der Waals surface area (Å²) >= 11 is 0. The summed E-state index contributed by atoms with van der Waals surface area (Å²) in [5.41, 5.74) is 2.32. The zero-order chi connectivity index (χ0) is 15.6. The normalized spacial score (nSPS) is 15.6. The van der Waals surface area contributed by atoms with E-state index >= 15 is 0 Å². The third-order valence-corrected chi connectivity index (χ3v) is 4.06. The van der Waals surface area contributed by atoms with Crippen LogP contribution in [0.3, 0.4) is 0 Å². The van der Waals surface area contributed by atoms with E-state index in [0.717, 1.165) is 48.5 Å². The smallest absolute Gasteiger partial charge is 0.132 e. The first kappa shape index (κ1) is 13.8. The summed E-state index contributed by atoms with van der Waals surface area (Å²) in [7, 11) is 0. The molecule has 116 valence electrons. The van der Waals surface area contributed by atoms with Gasteiger partial charge in [-0.15, -0.1) is 0 Å². The van der Waals surface area contributed by atoms with Crippen LogP contribution in [0.25, 0.3) is 10.9 Å². The first-order valence-corrected chi connectivity index (χ1v) is 7.59. The van der Waals surface area contributed by atoms with E-state index in [9.17, 15) is 0 Å². The molecule has 3 aromatic rings. The van der Waals surface area contributed by atoms with Gasteiger partial charge in [0.15, 0.2) is 0 Å². The minimum Gasteiger partial charge on any atom is -0.381 e. The summed E-state index contributed by atoms with van der Waals surface area (Å²) in [6.07, 6.45) is 7.53. The van der Waals surface area contributed by atoms with E-state index in [0.29, 0.717) is 11.7 Å². The predicted molar refractivity (Wildman–Crippen MR) is 85.4 cm³/mol. The molecule has 0 spiro atoms. The highest BCUT2D eigenvalue weighted by Gasteiger charge is 2.16. The maximum absolute atomic E-state index is 8.93. The molecule has 3 aromatic heterocycles. The number of hydrogen-bond acceptors (Lipinski definition) is 5. The minimum absolute atomic E-state index is 0.399. The van der Waals surface area contributed by atoms with Gasteiger partial charge in [0.2, 0.25) is 0 Å². The van der Waals surface area contributed by atoms with Crippen molar-refractivity contribution >= 4 is 22.4 Å². The van der Waals surface area contributed by atoms with Crippen molar-refractivity contribution in [2.45, 2.75) is 18.9 Å². The predicted octanol–water partition coefficient (Wildman–Crippen LogP) is 2.73. The molecule has 0 unspecified atom stereocenters. The molecule has 0 saturated carbocycles. The summed E-state index contributed by atoms with van der Waals surface area (Å²) in [6, 6.07) is 6.18. The lowest BCUT2D eigenvalue weighted by atomic mass is 10.1. The van der Waals surface area contributed by atoms with Crippen LogP contribution in [-0.4, -0.2) is 33.0 Å². The number of pyridine rings is 1. The fraction of sp³-hybridized carbons (Fsp3) is 0.312. The highest BCUT2D eigenvalue weighted by Crippen LogP contribution is 2.24. The van der Waals surface area contributed by atoms with Gasteiger partial charge in [0, 0.05) is 37.1 Å². The number of H-pyrrole nitrogens is 1. The molecule has 1 aliphatic rings. The topological polar surface area (TPSA) is 91.6 Å². The SMILES string of the molecule is N#Cc1cc2cnc(Nc3cnn(C4CCOCC4)c3)cc2[nH]1. The number of nitrogens with one attached hydrogen (secondary N) is 2. The van der Waals surface area contributed by atoms with Gasteiger partial charge < -0.3 is 15.0 Å². The van der Waals surface area contributed by atoms with Crippen LogP contribution in [0.5, 0.6) is 0 Å². The number of fused-ring (bicyclic) bond motifs is 1. The van der Waals surface area contributed by atoms with Crippen LogP contribution in [0.2, 0.25) is 0 Å². The molecule has 2 N–H and O–H groups in total. The second kappa shape index (κ2) is 5.74. The third-order valence-electron chi connectivity index (χ3n) is 4.06. The molecule has 1 aliphatic heterocycles. The number of aromatic nitrogens is 4. The summed E-state index contributed by atoms with van der Waals surface area (Å²) in [5.74, 6) is 0.718. The van der Waals surface area contributed by atoms with Crippen LogP contribution in [0, 0.1) is 11.3 Å². The second-order valence-corrected chi connectivity index (χ2v) is 5.63. The van der Waals surface area contributed by atoms with Crippen molar-refractivity contribution in [1.82, 2.24) is 19.7 Å². The number of anilines is 2. The number of nitriles is 1. The van der Waals surface area contributed by atoms with E-state index in [1.165, 1.54) is 0 Å². The number of rotatable bonds is 3. The van der Waals surface area contributed by atoms with Crippen molar-refractivity contribution in [1.29, 1.82) is 5.26 Å². The van der Waals surface area contributed by atoms with Crippen LogP contribution in [0.4, 0.5) is 11.5 Å². The molecular weight excluding hydrogens is 292 g/mol. The molecule has 0 aromatic carbocycles. The van der Waals surface area contributed by atoms with E-state index in [2.05, 4.69) is 26.5 Å². The van der Waals surface area contributed by atoms with Gasteiger partial charge >= 0.3 is 0 Å². The lowest BCUT2D eigenvalue weighted by molar-refractivity contribution is 0.0662. The van der Waals surface area contributed by atoms with Gasteiger partial charge in [-0.25, -0.2) is 4.98 Å². The monoisotopic (exact) mass is 308 g/mol. The molecule has 7 nitrogen and oxygen atoms in total. The Morgan fingerprint density at radius 2 is 2.17 bits per heavy atom. The lowest BCUT2D eigenvalue weighted by Gasteiger charge is -2.22. The highest BCUT2D eigenvalue weighted by molar-refractivity contribution is 5.83. The van der Waals surface area contributed by atoms with Crippen molar-refractivity contribution in [2.75, 3.05) is 18.5 Å². The van der Waals surface area contributed by atoms with Crippen LogP contribution < -0.4 is 5.32 Å². The molecule has 0 bridgehead atoms. The molecule has 7 heteroatoms. The van der Waals surface area contributed by atoms with Gasteiger partial charge in [-0.1, -0.05) is 0 Å². The maximum Gasteiger partial charge on any atom is 0.132 e. The standard InChI is InChI=1S/C16H16N6O/c17-7-12-5-11-8-18-16(6-15(11)20-12)21-13-9-19-22(10-13)14-1-3-23-4-2-14/h5-6,8-10,14,20H,1-4H2,(H,18,21). The van der Waals surface area contributed by atoms with Crippen molar-refractivity contribution < 1.29 is 4.74 Å². The number of ether oxygens (including phenoxy) is 1. The van der Waals surface area contributed by atoms with E-state index < -0.39 is 0 Å². The Morgan fingerprint density at radius 3 is 3.00 bits per heavy atom. The van der Waals surface area contributed by atoms with Crippen LogP contribution in [0.15, 0.2) is 30.7 Å². The molecule has 4 heterocycles. The Balaban J connectivity index is 1.53. The molecule has 0 atom stereocenters. The van der Waals surface area contributed by atoms with Crippen molar-refractivity contribution in [3.8, 4) is 6.07 Å². The van der Waals surface area contributed by atoms with Crippen LogP contribution >= 0.6 is 0 Å². The summed E-state index contributed by atoms with van der Waals surface area (Å²) in [5, 5.41) is 17.5. The Morgan fingerprint density at radius 1 is 1.30 bits per heavy atom. The Bertz CT molecular complexity index is 868. The van der Waals surface area contributed by atoms with E-state index in [-0.39, 0.29) is 0 Å². The van der Waals surface area contributed by atoms with Crippen molar-refractivity contribution in [2.24, 2.45) is 0 Å². The first-order chi connectivity index (χ1) is 11.3. The Hall–Kier alpha value is -2.85. The van der Waals surface area contributed by atoms with Crippen molar-refractivity contribution in [3.63, 3.8) is 0 Å². The molecule has 0 amide bonds. The number of nitrogens with zero attached hydrogens (tertiary/aromatic N) is 4. The third kappa shape index (κ3) is 2.76. The fourth-order valence-corrected chi connectivity index (χ4v) is 2.85. The van der Waals surface area contributed by atoms with Crippen LogP contribution in [-0.2, 0) is 4.74 Å². The largest absolute Gasteiger partial charge is 0.381 e. The van der Waals surface area contributed by atoms with E-state index in [1.54, 1.807) is 18.5 Å². The Kier molecular flexibility index (Phi) is 3.44. The molecule has 0 aliphatic carbocycles. The molecule has 4 rings (SSSR count). The summed E-state index contributed by atoms with van der Waals surface area (Å²) < 4.78 is 7.37. The second-order valence-electron chi connectivity index (χ2n) is 5.63. The maximum atomic E-state index is 8.93. The zero-order valence-corrected chi connectivity index (χ0v) is 12.5. The van der Waals surface area contributed by atoms with Crippen LogP contribution in [0.1, 0.15) is 24.6 Å². The minimum atomic E-state index is 0.399.